The largest absolute Gasteiger partial charge is 0.337 e. The van der Waals surface area contributed by atoms with E-state index in [1.54, 1.807) is 48.5 Å². The smallest absolute Gasteiger partial charge is 0.307 e. The second-order valence-electron chi connectivity index (χ2n) is 4.05. The minimum Gasteiger partial charge on any atom is -0.307 e. The fraction of sp³-hybridized carbons (Fsp3) is 0. The van der Waals surface area contributed by atoms with Gasteiger partial charge < -0.3 is 5.32 Å². The molecule has 3 amide bonds. The van der Waals surface area contributed by atoms with Crippen molar-refractivity contribution >= 4 is 45.2 Å². The first-order chi connectivity index (χ1) is 10.0. The van der Waals surface area contributed by atoms with Crippen LogP contribution in [0.3, 0.4) is 0 Å². The van der Waals surface area contributed by atoms with E-state index in [0.717, 1.165) is 4.47 Å². The molecule has 0 heterocycles. The summed E-state index contributed by atoms with van der Waals surface area (Å²) < 4.78 is 0.776. The summed E-state index contributed by atoms with van der Waals surface area (Å²) in [6.07, 6.45) is 0. The summed E-state index contributed by atoms with van der Waals surface area (Å²) >= 11 is 9.07. The van der Waals surface area contributed by atoms with Gasteiger partial charge in [0.25, 0.3) is 5.91 Å². The van der Waals surface area contributed by atoms with Gasteiger partial charge in [0.05, 0.1) is 0 Å². The molecular weight excluding hydrogens is 358 g/mol. The molecule has 0 unspecified atom stereocenters. The van der Waals surface area contributed by atoms with Crippen LogP contribution in [-0.4, -0.2) is 11.9 Å². The number of benzene rings is 2. The highest BCUT2D eigenvalue weighted by molar-refractivity contribution is 9.10. The molecule has 0 bridgehead atoms. The van der Waals surface area contributed by atoms with E-state index in [1.807, 2.05) is 0 Å². The van der Waals surface area contributed by atoms with Gasteiger partial charge in [-0.25, -0.2) is 10.2 Å². The molecule has 0 fully saturated rings. The van der Waals surface area contributed by atoms with Gasteiger partial charge in [0, 0.05) is 20.7 Å². The Kier molecular flexibility index (Phi) is 5.19. The Labute approximate surface area is 134 Å². The lowest BCUT2D eigenvalue weighted by molar-refractivity contribution is 0.0938. The first-order valence-electron chi connectivity index (χ1n) is 5.93. The molecule has 0 saturated heterocycles. The van der Waals surface area contributed by atoms with Gasteiger partial charge in [-0.2, -0.15) is 0 Å². The zero-order chi connectivity index (χ0) is 15.2. The predicted octanol–water partition coefficient (Wildman–Crippen LogP) is 3.57. The molecule has 3 N–H and O–H groups in total. The first-order valence-corrected chi connectivity index (χ1v) is 7.10. The third kappa shape index (κ3) is 4.77. The zero-order valence-electron chi connectivity index (χ0n) is 10.7. The second kappa shape index (κ2) is 7.10. The van der Waals surface area contributed by atoms with E-state index in [9.17, 15) is 9.59 Å². The van der Waals surface area contributed by atoms with Gasteiger partial charge in [0.15, 0.2) is 0 Å². The van der Waals surface area contributed by atoms with Gasteiger partial charge in [-0.15, -0.1) is 0 Å². The fourth-order valence-electron chi connectivity index (χ4n) is 1.54. The lowest BCUT2D eigenvalue weighted by atomic mass is 10.2. The molecular formula is C14H11BrClN3O2. The van der Waals surface area contributed by atoms with Crippen LogP contribution in [0, 0.1) is 0 Å². The summed E-state index contributed by atoms with van der Waals surface area (Å²) in [5, 5.41) is 3.05. The molecule has 0 radical (unpaired) electrons. The van der Waals surface area contributed by atoms with Crippen LogP contribution in [0.5, 0.6) is 0 Å². The van der Waals surface area contributed by atoms with Crippen LogP contribution in [0.2, 0.25) is 5.02 Å². The third-order valence-corrected chi connectivity index (χ3v) is 3.19. The molecule has 0 aliphatic rings. The summed E-state index contributed by atoms with van der Waals surface area (Å²) in [7, 11) is 0. The van der Waals surface area contributed by atoms with Gasteiger partial charge in [0.2, 0.25) is 0 Å². The number of halogens is 2. The topological polar surface area (TPSA) is 70.2 Å². The minimum absolute atomic E-state index is 0.419. The van der Waals surface area contributed by atoms with E-state index >= 15 is 0 Å². The van der Waals surface area contributed by atoms with E-state index in [2.05, 4.69) is 32.1 Å². The number of hydrogen-bond acceptors (Lipinski definition) is 2. The van der Waals surface area contributed by atoms with Crippen LogP contribution in [0.1, 0.15) is 10.4 Å². The van der Waals surface area contributed by atoms with Gasteiger partial charge in [0.1, 0.15) is 0 Å². The van der Waals surface area contributed by atoms with Crippen LogP contribution >= 0.6 is 27.5 Å². The number of urea groups is 1. The zero-order valence-corrected chi connectivity index (χ0v) is 13.0. The van der Waals surface area contributed by atoms with E-state index in [1.165, 1.54) is 0 Å². The lowest BCUT2D eigenvalue weighted by Gasteiger charge is -2.09. The first kappa shape index (κ1) is 15.3. The van der Waals surface area contributed by atoms with E-state index in [-0.39, 0.29) is 0 Å². The highest BCUT2D eigenvalue weighted by Gasteiger charge is 2.07. The Hall–Kier alpha value is -2.05. The molecule has 7 heteroatoms. The number of nitrogens with one attached hydrogen (secondary N) is 3. The quantitative estimate of drug-likeness (QED) is 0.709. The summed E-state index contributed by atoms with van der Waals surface area (Å²) in [5.41, 5.74) is 5.51. The summed E-state index contributed by atoms with van der Waals surface area (Å²) in [4.78, 5) is 23.4. The van der Waals surface area contributed by atoms with Crippen molar-refractivity contribution in [2.45, 2.75) is 0 Å². The average Bonchev–Trinajstić information content (AvgIpc) is 2.45. The van der Waals surface area contributed by atoms with Gasteiger partial charge >= 0.3 is 6.03 Å². The molecule has 2 aromatic carbocycles. The maximum absolute atomic E-state index is 11.8. The monoisotopic (exact) mass is 367 g/mol. The van der Waals surface area contributed by atoms with Crippen LogP contribution in [0.25, 0.3) is 0 Å². The summed E-state index contributed by atoms with van der Waals surface area (Å²) in [6, 6.07) is 12.9. The highest BCUT2D eigenvalue weighted by Crippen LogP contribution is 2.14. The molecule has 0 aliphatic heterocycles. The van der Waals surface area contributed by atoms with Crippen LogP contribution in [0.15, 0.2) is 53.0 Å². The molecule has 0 aromatic heterocycles. The Morgan fingerprint density at radius 1 is 1.00 bits per heavy atom. The average molecular weight is 369 g/mol. The maximum Gasteiger partial charge on any atom is 0.337 e. The Balaban J connectivity index is 1.88. The Morgan fingerprint density at radius 2 is 1.76 bits per heavy atom. The molecule has 21 heavy (non-hydrogen) atoms. The Bertz CT molecular complexity index is 679. The highest BCUT2D eigenvalue weighted by atomic mass is 79.9. The number of carbonyl (C=O) groups is 2. The molecule has 5 nitrogen and oxygen atoms in total. The lowest BCUT2D eigenvalue weighted by Crippen LogP contribution is -2.43. The number of anilines is 1. The van der Waals surface area contributed by atoms with Crippen molar-refractivity contribution in [2.75, 3.05) is 5.32 Å². The van der Waals surface area contributed by atoms with Crippen LogP contribution in [-0.2, 0) is 0 Å². The van der Waals surface area contributed by atoms with Crippen LogP contribution < -0.4 is 16.2 Å². The number of amides is 3. The van der Waals surface area contributed by atoms with E-state index < -0.39 is 11.9 Å². The van der Waals surface area contributed by atoms with Crippen molar-refractivity contribution in [3.05, 3.63) is 63.6 Å². The maximum atomic E-state index is 11.8. The Morgan fingerprint density at radius 3 is 2.48 bits per heavy atom. The summed E-state index contributed by atoms with van der Waals surface area (Å²) in [6.45, 7) is 0. The number of rotatable bonds is 2. The molecule has 0 atom stereocenters. The molecule has 2 aromatic rings. The third-order valence-electron chi connectivity index (χ3n) is 2.46. The molecule has 108 valence electrons. The fourth-order valence-corrected chi connectivity index (χ4v) is 2.13. The van der Waals surface area contributed by atoms with Crippen molar-refractivity contribution in [1.82, 2.24) is 10.9 Å². The van der Waals surface area contributed by atoms with Crippen molar-refractivity contribution < 1.29 is 9.59 Å². The van der Waals surface area contributed by atoms with Crippen molar-refractivity contribution in [3.8, 4) is 0 Å². The van der Waals surface area contributed by atoms with Crippen molar-refractivity contribution in [1.29, 1.82) is 0 Å². The van der Waals surface area contributed by atoms with Gasteiger partial charge in [-0.05, 0) is 36.4 Å². The molecule has 2 rings (SSSR count). The number of hydrogen-bond donors (Lipinski definition) is 3. The SMILES string of the molecule is O=C(NNC(=O)c1cccc(Br)c1)Nc1cccc(Cl)c1. The number of carbonyl (C=O) groups excluding carboxylic acids is 2. The predicted molar refractivity (Wildman–Crippen MR) is 85.2 cm³/mol. The van der Waals surface area contributed by atoms with Crippen molar-refractivity contribution in [2.24, 2.45) is 0 Å². The summed E-state index contributed by atoms with van der Waals surface area (Å²) in [5.74, 6) is -0.419. The van der Waals surface area contributed by atoms with Gasteiger partial charge in [-0.3, -0.25) is 10.2 Å². The molecule has 0 aliphatic carbocycles. The standard InChI is InChI=1S/C14H11BrClN3O2/c15-10-4-1-3-9(7-10)13(20)18-19-14(21)17-12-6-2-5-11(16)8-12/h1-8H,(H,18,20)(H2,17,19,21). The van der Waals surface area contributed by atoms with Crippen molar-refractivity contribution in [3.63, 3.8) is 0 Å². The second-order valence-corrected chi connectivity index (χ2v) is 5.41. The molecule has 0 saturated carbocycles. The number of hydrazine groups is 1. The van der Waals surface area contributed by atoms with Crippen LogP contribution in [0.4, 0.5) is 10.5 Å². The minimum atomic E-state index is -0.569. The normalized spacial score (nSPS) is 9.81. The van der Waals surface area contributed by atoms with E-state index in [4.69, 9.17) is 11.6 Å². The van der Waals surface area contributed by atoms with Gasteiger partial charge in [-0.1, -0.05) is 39.7 Å². The van der Waals surface area contributed by atoms with E-state index in [0.29, 0.717) is 16.3 Å². The molecule has 0 spiro atoms.